The van der Waals surface area contributed by atoms with Crippen molar-refractivity contribution in [2.24, 2.45) is 5.73 Å². The van der Waals surface area contributed by atoms with E-state index < -0.39 is 0 Å². The molecular formula is C31H33NO. The van der Waals surface area contributed by atoms with E-state index in [4.69, 9.17) is 10.5 Å². The first-order valence-corrected chi connectivity index (χ1v) is 11.9. The van der Waals surface area contributed by atoms with E-state index in [-0.39, 0.29) is 0 Å². The van der Waals surface area contributed by atoms with Gasteiger partial charge in [0.05, 0.1) is 6.61 Å². The largest absolute Gasteiger partial charge is 0.493 e. The molecular weight excluding hydrogens is 402 g/mol. The van der Waals surface area contributed by atoms with Gasteiger partial charge >= 0.3 is 0 Å². The van der Waals surface area contributed by atoms with Gasteiger partial charge in [0.25, 0.3) is 0 Å². The molecule has 0 saturated carbocycles. The van der Waals surface area contributed by atoms with Crippen LogP contribution in [-0.2, 0) is 0 Å². The molecule has 0 aliphatic heterocycles. The van der Waals surface area contributed by atoms with Crippen LogP contribution >= 0.6 is 0 Å². The van der Waals surface area contributed by atoms with Gasteiger partial charge in [0.2, 0.25) is 0 Å². The first-order chi connectivity index (χ1) is 16.2. The maximum atomic E-state index is 6.19. The fraction of sp³-hybridized carbons (Fsp3) is 0.226. The van der Waals surface area contributed by atoms with Crippen LogP contribution in [0, 0.1) is 6.92 Å². The summed E-state index contributed by atoms with van der Waals surface area (Å²) < 4.78 is 6.19. The summed E-state index contributed by atoms with van der Waals surface area (Å²) in [5.74, 6) is 0.966. The average molecular weight is 436 g/mol. The van der Waals surface area contributed by atoms with Crippen molar-refractivity contribution >= 4 is 0 Å². The standard InChI is InChI=1S/C31H33NO/c1-24-11-20-30(31(23-24)33-22-8-3-2-7-21-32)29-18-16-28(17-19-29)27-14-12-26(13-15-27)25-9-5-4-6-10-25/h4-6,9-20,23H,2-3,7-8,21-22,32H2,1H3. The molecule has 0 aromatic heterocycles. The molecule has 168 valence electrons. The van der Waals surface area contributed by atoms with E-state index in [9.17, 15) is 0 Å². The van der Waals surface area contributed by atoms with Gasteiger partial charge in [0, 0.05) is 5.56 Å². The summed E-state index contributed by atoms with van der Waals surface area (Å²) in [6, 6.07) is 34.5. The summed E-state index contributed by atoms with van der Waals surface area (Å²) in [6.45, 7) is 3.63. The average Bonchev–Trinajstić information content (AvgIpc) is 2.87. The lowest BCUT2D eigenvalue weighted by molar-refractivity contribution is 0.306. The third-order valence-electron chi connectivity index (χ3n) is 6.01. The summed E-state index contributed by atoms with van der Waals surface area (Å²) in [5.41, 5.74) is 14.0. The minimum absolute atomic E-state index is 0.743. The van der Waals surface area contributed by atoms with Gasteiger partial charge in [-0.1, -0.05) is 104 Å². The van der Waals surface area contributed by atoms with Crippen molar-refractivity contribution in [2.75, 3.05) is 13.2 Å². The SMILES string of the molecule is Cc1ccc(-c2ccc(-c3ccc(-c4ccccc4)cc3)cc2)c(OCCCCCCN)c1. The molecule has 0 unspecified atom stereocenters. The topological polar surface area (TPSA) is 35.2 Å². The Balaban J connectivity index is 1.47. The van der Waals surface area contributed by atoms with Gasteiger partial charge in [-0.3, -0.25) is 0 Å². The Morgan fingerprint density at radius 2 is 1.12 bits per heavy atom. The first-order valence-electron chi connectivity index (χ1n) is 11.9. The summed E-state index contributed by atoms with van der Waals surface area (Å²) in [5, 5.41) is 0. The van der Waals surface area contributed by atoms with E-state index in [1.165, 1.54) is 39.8 Å². The van der Waals surface area contributed by atoms with Gasteiger partial charge in [-0.05, 0) is 65.8 Å². The summed E-state index contributed by atoms with van der Waals surface area (Å²) in [6.07, 6.45) is 4.49. The maximum Gasteiger partial charge on any atom is 0.127 e. The molecule has 4 aromatic rings. The van der Waals surface area contributed by atoms with Crippen molar-refractivity contribution in [3.63, 3.8) is 0 Å². The van der Waals surface area contributed by atoms with Crippen LogP contribution in [0.4, 0.5) is 0 Å². The highest BCUT2D eigenvalue weighted by atomic mass is 16.5. The molecule has 4 aromatic carbocycles. The lowest BCUT2D eigenvalue weighted by atomic mass is 9.97. The highest BCUT2D eigenvalue weighted by Gasteiger charge is 2.08. The Morgan fingerprint density at radius 1 is 0.576 bits per heavy atom. The Morgan fingerprint density at radius 3 is 1.73 bits per heavy atom. The fourth-order valence-corrected chi connectivity index (χ4v) is 4.10. The molecule has 2 heteroatoms. The molecule has 0 radical (unpaired) electrons. The first kappa shape index (κ1) is 22.8. The van der Waals surface area contributed by atoms with Crippen LogP contribution in [0.2, 0.25) is 0 Å². The predicted molar refractivity (Wildman–Crippen MR) is 141 cm³/mol. The number of benzene rings is 4. The van der Waals surface area contributed by atoms with Gasteiger partial charge in [0.1, 0.15) is 5.75 Å². The van der Waals surface area contributed by atoms with Gasteiger partial charge < -0.3 is 10.5 Å². The van der Waals surface area contributed by atoms with Crippen molar-refractivity contribution in [3.8, 4) is 39.1 Å². The summed E-state index contributed by atoms with van der Waals surface area (Å²) >= 11 is 0. The third-order valence-corrected chi connectivity index (χ3v) is 6.01. The number of aryl methyl sites for hydroxylation is 1. The molecule has 0 saturated heterocycles. The maximum absolute atomic E-state index is 6.19. The lowest BCUT2D eigenvalue weighted by Gasteiger charge is -2.13. The number of hydrogen-bond donors (Lipinski definition) is 1. The molecule has 0 heterocycles. The van der Waals surface area contributed by atoms with Crippen molar-refractivity contribution in [3.05, 3.63) is 103 Å². The zero-order valence-electron chi connectivity index (χ0n) is 19.5. The van der Waals surface area contributed by atoms with Crippen LogP contribution < -0.4 is 10.5 Å². The number of unbranched alkanes of at least 4 members (excludes halogenated alkanes) is 3. The van der Waals surface area contributed by atoms with Crippen LogP contribution in [-0.4, -0.2) is 13.2 Å². The van der Waals surface area contributed by atoms with E-state index >= 15 is 0 Å². The van der Waals surface area contributed by atoms with Crippen molar-refractivity contribution in [1.29, 1.82) is 0 Å². The van der Waals surface area contributed by atoms with Crippen molar-refractivity contribution < 1.29 is 4.74 Å². The molecule has 2 nitrogen and oxygen atoms in total. The molecule has 0 bridgehead atoms. The normalized spacial score (nSPS) is 10.8. The second-order valence-corrected chi connectivity index (χ2v) is 8.57. The van der Waals surface area contributed by atoms with Crippen LogP contribution in [0.1, 0.15) is 31.2 Å². The second kappa shape index (κ2) is 11.5. The molecule has 0 atom stereocenters. The fourth-order valence-electron chi connectivity index (χ4n) is 4.10. The quantitative estimate of drug-likeness (QED) is 0.257. The van der Waals surface area contributed by atoms with Crippen molar-refractivity contribution in [1.82, 2.24) is 0 Å². The van der Waals surface area contributed by atoms with E-state index in [1.54, 1.807) is 0 Å². The number of ether oxygens (including phenoxy) is 1. The monoisotopic (exact) mass is 435 g/mol. The van der Waals surface area contributed by atoms with Gasteiger partial charge in [-0.15, -0.1) is 0 Å². The third kappa shape index (κ3) is 6.12. The zero-order chi connectivity index (χ0) is 22.9. The van der Waals surface area contributed by atoms with E-state index in [0.29, 0.717) is 0 Å². The number of rotatable bonds is 10. The van der Waals surface area contributed by atoms with E-state index in [1.807, 2.05) is 6.07 Å². The van der Waals surface area contributed by atoms with Crippen LogP contribution in [0.25, 0.3) is 33.4 Å². The minimum atomic E-state index is 0.743. The molecule has 0 aliphatic carbocycles. The molecule has 2 N–H and O–H groups in total. The molecule has 0 aliphatic rings. The lowest BCUT2D eigenvalue weighted by Crippen LogP contribution is -2.01. The van der Waals surface area contributed by atoms with Crippen LogP contribution in [0.3, 0.4) is 0 Å². The van der Waals surface area contributed by atoms with Gasteiger partial charge in [0.15, 0.2) is 0 Å². The predicted octanol–water partition coefficient (Wildman–Crippen LogP) is 7.89. The highest BCUT2D eigenvalue weighted by molar-refractivity contribution is 5.75. The van der Waals surface area contributed by atoms with Crippen LogP contribution in [0.5, 0.6) is 5.75 Å². The summed E-state index contributed by atoms with van der Waals surface area (Å²) in [7, 11) is 0. The van der Waals surface area contributed by atoms with Crippen LogP contribution in [0.15, 0.2) is 97.1 Å². The Kier molecular flexibility index (Phi) is 7.94. The molecule has 0 spiro atoms. The van der Waals surface area contributed by atoms with Crippen molar-refractivity contribution in [2.45, 2.75) is 32.6 Å². The number of hydrogen-bond acceptors (Lipinski definition) is 2. The second-order valence-electron chi connectivity index (χ2n) is 8.57. The van der Waals surface area contributed by atoms with Gasteiger partial charge in [-0.2, -0.15) is 0 Å². The Bertz CT molecular complexity index is 1130. The Labute approximate surface area is 198 Å². The smallest absolute Gasteiger partial charge is 0.127 e. The van der Waals surface area contributed by atoms with E-state index in [0.717, 1.165) is 43.7 Å². The summed E-state index contributed by atoms with van der Waals surface area (Å²) in [4.78, 5) is 0. The molecule has 4 rings (SSSR count). The number of nitrogens with two attached hydrogens (primary N) is 1. The molecule has 0 amide bonds. The minimum Gasteiger partial charge on any atom is -0.493 e. The van der Waals surface area contributed by atoms with Gasteiger partial charge in [-0.25, -0.2) is 0 Å². The van der Waals surface area contributed by atoms with E-state index in [2.05, 4.69) is 97.9 Å². The molecule has 33 heavy (non-hydrogen) atoms. The highest BCUT2D eigenvalue weighted by Crippen LogP contribution is 2.33. The molecule has 0 fully saturated rings. The zero-order valence-corrected chi connectivity index (χ0v) is 19.5. The Hall–Kier alpha value is -3.36.